The van der Waals surface area contributed by atoms with E-state index in [9.17, 15) is 9.59 Å². The van der Waals surface area contributed by atoms with Gasteiger partial charge in [-0.1, -0.05) is 30.3 Å². The van der Waals surface area contributed by atoms with Gasteiger partial charge < -0.3 is 15.1 Å². The molecule has 2 aromatic heterocycles. The van der Waals surface area contributed by atoms with Gasteiger partial charge in [-0.25, -0.2) is 4.98 Å². The number of imidazole rings is 1. The Balaban J connectivity index is 1.61. The van der Waals surface area contributed by atoms with Gasteiger partial charge in [-0.05, 0) is 43.8 Å². The number of carbonyl (C=O) groups is 2. The van der Waals surface area contributed by atoms with Crippen LogP contribution in [0.25, 0.3) is 5.52 Å². The van der Waals surface area contributed by atoms with Crippen LogP contribution in [0.3, 0.4) is 0 Å². The maximum absolute atomic E-state index is 13.3. The lowest BCUT2D eigenvalue weighted by molar-refractivity contribution is 0.0721. The van der Waals surface area contributed by atoms with E-state index in [0.717, 1.165) is 18.5 Å². The van der Waals surface area contributed by atoms with Crippen LogP contribution < -0.4 is 5.32 Å². The van der Waals surface area contributed by atoms with E-state index in [1.165, 1.54) is 5.56 Å². The molecule has 150 valence electrons. The number of hydrogen-bond acceptors (Lipinski definition) is 4. The van der Waals surface area contributed by atoms with Crippen molar-refractivity contribution in [3.8, 4) is 0 Å². The predicted molar refractivity (Wildman–Crippen MR) is 111 cm³/mol. The highest BCUT2D eigenvalue weighted by molar-refractivity contribution is 6.02. The second-order valence-electron chi connectivity index (χ2n) is 7.54. The van der Waals surface area contributed by atoms with Crippen molar-refractivity contribution < 1.29 is 9.59 Å². The van der Waals surface area contributed by atoms with Crippen LogP contribution in [0.5, 0.6) is 0 Å². The molecule has 29 heavy (non-hydrogen) atoms. The van der Waals surface area contributed by atoms with Gasteiger partial charge in [0.2, 0.25) is 5.82 Å². The summed E-state index contributed by atoms with van der Waals surface area (Å²) in [5, 5.41) is 2.89. The van der Waals surface area contributed by atoms with Crippen LogP contribution in [0.2, 0.25) is 0 Å². The maximum atomic E-state index is 13.3. The molecule has 3 heterocycles. The van der Waals surface area contributed by atoms with E-state index in [4.69, 9.17) is 0 Å². The Kier molecular flexibility index (Phi) is 5.31. The summed E-state index contributed by atoms with van der Waals surface area (Å²) in [5.41, 5.74) is 3.36. The minimum Gasteiger partial charge on any atom is -0.349 e. The fourth-order valence-electron chi connectivity index (χ4n) is 3.64. The summed E-state index contributed by atoms with van der Waals surface area (Å²) < 4.78 is 1.71. The summed E-state index contributed by atoms with van der Waals surface area (Å²) in [6.45, 7) is 2.45. The van der Waals surface area contributed by atoms with E-state index in [1.54, 1.807) is 15.5 Å². The van der Waals surface area contributed by atoms with Crippen molar-refractivity contribution in [3.63, 3.8) is 0 Å². The number of nitrogens with one attached hydrogen (secondary N) is 1. The van der Waals surface area contributed by atoms with Crippen molar-refractivity contribution in [2.75, 3.05) is 33.7 Å². The molecule has 1 aliphatic heterocycles. The van der Waals surface area contributed by atoms with Crippen LogP contribution >= 0.6 is 0 Å². The zero-order valence-corrected chi connectivity index (χ0v) is 16.8. The van der Waals surface area contributed by atoms with Crippen molar-refractivity contribution in [1.29, 1.82) is 0 Å². The fourth-order valence-corrected chi connectivity index (χ4v) is 3.64. The molecule has 0 saturated heterocycles. The second kappa shape index (κ2) is 8.05. The summed E-state index contributed by atoms with van der Waals surface area (Å²) in [6, 6.07) is 13.7. The highest BCUT2D eigenvalue weighted by Crippen LogP contribution is 2.21. The number of amides is 2. The van der Waals surface area contributed by atoms with Gasteiger partial charge >= 0.3 is 0 Å². The van der Waals surface area contributed by atoms with Gasteiger partial charge in [0.15, 0.2) is 5.69 Å². The number of likely N-dealkylation sites (N-methyl/N-ethyl adjacent to an activating group) is 1. The van der Waals surface area contributed by atoms with Crippen LogP contribution in [0.4, 0.5) is 0 Å². The number of nitrogens with zero attached hydrogens (tertiary/aromatic N) is 4. The topological polar surface area (TPSA) is 70.0 Å². The third-order valence-corrected chi connectivity index (χ3v) is 5.22. The van der Waals surface area contributed by atoms with Crippen LogP contribution in [0.1, 0.15) is 32.2 Å². The molecule has 2 amide bonds. The molecule has 0 unspecified atom stereocenters. The number of hydrogen-bond donors (Lipinski definition) is 1. The summed E-state index contributed by atoms with van der Waals surface area (Å²) in [5.74, 6) is -0.149. The summed E-state index contributed by atoms with van der Waals surface area (Å²) in [6.07, 6.45) is 2.60. The second-order valence-corrected chi connectivity index (χ2v) is 7.54. The van der Waals surface area contributed by atoms with E-state index in [0.29, 0.717) is 25.2 Å². The fraction of sp³-hybridized carbons (Fsp3) is 0.318. The predicted octanol–water partition coefficient (Wildman–Crippen LogP) is 1.82. The van der Waals surface area contributed by atoms with E-state index >= 15 is 0 Å². The zero-order chi connectivity index (χ0) is 20.4. The molecule has 0 saturated carbocycles. The van der Waals surface area contributed by atoms with Gasteiger partial charge in [-0.15, -0.1) is 0 Å². The molecule has 1 aliphatic rings. The minimum atomic E-state index is -0.265. The van der Waals surface area contributed by atoms with Crippen LogP contribution in [-0.4, -0.2) is 64.7 Å². The Labute approximate surface area is 169 Å². The summed E-state index contributed by atoms with van der Waals surface area (Å²) >= 11 is 0. The quantitative estimate of drug-likeness (QED) is 0.720. The molecule has 0 bridgehead atoms. The van der Waals surface area contributed by atoms with E-state index in [2.05, 4.69) is 22.4 Å². The molecule has 0 aliphatic carbocycles. The van der Waals surface area contributed by atoms with Crippen molar-refractivity contribution >= 4 is 17.3 Å². The molecule has 0 spiro atoms. The van der Waals surface area contributed by atoms with Crippen LogP contribution in [0.15, 0.2) is 48.7 Å². The van der Waals surface area contributed by atoms with Crippen LogP contribution in [-0.2, 0) is 13.0 Å². The number of pyridine rings is 1. The standard InChI is InChI=1S/C22H25N5O2/c1-25(2)14-11-23-21(28)19-18-9-5-6-12-27(18)20(24-19)22(29)26-13-10-16-7-3-4-8-17(16)15-26/h3-9,12H,10-11,13-15H2,1-2H3,(H,23,28). The summed E-state index contributed by atoms with van der Waals surface area (Å²) in [4.78, 5) is 34.2. The van der Waals surface area contributed by atoms with Gasteiger partial charge in [0.25, 0.3) is 11.8 Å². The molecular weight excluding hydrogens is 366 g/mol. The lowest BCUT2D eigenvalue weighted by Gasteiger charge is -2.28. The number of aromatic nitrogens is 2. The zero-order valence-electron chi connectivity index (χ0n) is 16.8. The van der Waals surface area contributed by atoms with Crippen molar-refractivity contribution in [2.45, 2.75) is 13.0 Å². The first-order valence-corrected chi connectivity index (χ1v) is 9.80. The van der Waals surface area contributed by atoms with E-state index in [-0.39, 0.29) is 23.3 Å². The molecule has 7 nitrogen and oxygen atoms in total. The normalized spacial score (nSPS) is 13.6. The Morgan fingerprint density at radius 2 is 1.86 bits per heavy atom. The van der Waals surface area contributed by atoms with Gasteiger partial charge in [-0.2, -0.15) is 0 Å². The average Bonchev–Trinajstić information content (AvgIpc) is 3.12. The number of fused-ring (bicyclic) bond motifs is 2. The van der Waals surface area contributed by atoms with Gasteiger partial charge in [0, 0.05) is 32.4 Å². The maximum Gasteiger partial charge on any atom is 0.290 e. The molecule has 1 aromatic carbocycles. The molecular formula is C22H25N5O2. The third-order valence-electron chi connectivity index (χ3n) is 5.22. The number of benzene rings is 1. The van der Waals surface area contributed by atoms with Gasteiger partial charge in [0.1, 0.15) is 0 Å². The monoisotopic (exact) mass is 391 g/mol. The van der Waals surface area contributed by atoms with Gasteiger partial charge in [-0.3, -0.25) is 14.0 Å². The highest BCUT2D eigenvalue weighted by Gasteiger charge is 2.27. The third kappa shape index (κ3) is 3.86. The molecule has 7 heteroatoms. The largest absolute Gasteiger partial charge is 0.349 e. The highest BCUT2D eigenvalue weighted by atomic mass is 16.2. The molecule has 3 aromatic rings. The lowest BCUT2D eigenvalue weighted by Crippen LogP contribution is -2.37. The average molecular weight is 391 g/mol. The Morgan fingerprint density at radius 3 is 2.66 bits per heavy atom. The smallest absolute Gasteiger partial charge is 0.290 e. The SMILES string of the molecule is CN(C)CCNC(=O)c1nc(C(=O)N2CCc3ccccc3C2)n2ccccc12. The van der Waals surface area contributed by atoms with E-state index < -0.39 is 0 Å². The number of carbonyl (C=O) groups excluding carboxylic acids is 2. The first-order valence-electron chi connectivity index (χ1n) is 9.80. The van der Waals surface area contributed by atoms with Crippen molar-refractivity contribution in [2.24, 2.45) is 0 Å². The summed E-state index contributed by atoms with van der Waals surface area (Å²) in [7, 11) is 3.90. The van der Waals surface area contributed by atoms with E-state index in [1.807, 2.05) is 49.3 Å². The minimum absolute atomic E-state index is 0.159. The molecule has 4 rings (SSSR count). The Morgan fingerprint density at radius 1 is 1.10 bits per heavy atom. The molecule has 0 fully saturated rings. The first kappa shape index (κ1) is 19.1. The van der Waals surface area contributed by atoms with Gasteiger partial charge in [0.05, 0.1) is 5.52 Å². The number of rotatable bonds is 5. The van der Waals surface area contributed by atoms with Crippen LogP contribution in [0, 0.1) is 0 Å². The molecule has 0 atom stereocenters. The molecule has 1 N–H and O–H groups in total. The first-order chi connectivity index (χ1) is 14.0. The van der Waals surface area contributed by atoms with Crippen molar-refractivity contribution in [3.05, 3.63) is 71.3 Å². The Bertz CT molecular complexity index is 1060. The lowest BCUT2D eigenvalue weighted by atomic mass is 10.00. The molecule has 0 radical (unpaired) electrons. The van der Waals surface area contributed by atoms with Crippen molar-refractivity contribution in [1.82, 2.24) is 24.5 Å². The Hall–Kier alpha value is -3.19.